The van der Waals surface area contributed by atoms with Crippen LogP contribution in [0.25, 0.3) is 0 Å². The van der Waals surface area contributed by atoms with E-state index in [1.165, 1.54) is 0 Å². The number of likely N-dealkylation sites (N-methyl/N-ethyl adjacent to an activating group) is 1. The normalized spacial score (nSPS) is 22.0. The fourth-order valence-corrected chi connectivity index (χ4v) is 3.74. The molecule has 24 heavy (non-hydrogen) atoms. The molecule has 0 radical (unpaired) electrons. The molecule has 1 aliphatic heterocycles. The third-order valence-corrected chi connectivity index (χ3v) is 5.05. The minimum Gasteiger partial charge on any atom is -0.444 e. The van der Waals surface area contributed by atoms with Crippen LogP contribution in [0.3, 0.4) is 0 Å². The molecule has 0 aromatic carbocycles. The van der Waals surface area contributed by atoms with Gasteiger partial charge in [-0.1, -0.05) is 0 Å². The monoisotopic (exact) mass is 339 g/mol. The Morgan fingerprint density at radius 2 is 1.75 bits per heavy atom. The van der Waals surface area contributed by atoms with Gasteiger partial charge in [0.2, 0.25) is 5.91 Å². The molecule has 1 aliphatic carbocycles. The van der Waals surface area contributed by atoms with Gasteiger partial charge in [0, 0.05) is 38.6 Å². The predicted octanol–water partition coefficient (Wildman–Crippen LogP) is 2.23. The summed E-state index contributed by atoms with van der Waals surface area (Å²) in [6.45, 7) is 9.23. The minimum absolute atomic E-state index is 0.120. The van der Waals surface area contributed by atoms with Gasteiger partial charge in [-0.3, -0.25) is 4.79 Å². The van der Waals surface area contributed by atoms with Crippen molar-refractivity contribution in [2.24, 2.45) is 5.41 Å². The first-order chi connectivity index (χ1) is 11.0. The van der Waals surface area contributed by atoms with E-state index in [4.69, 9.17) is 4.74 Å². The van der Waals surface area contributed by atoms with Crippen molar-refractivity contribution in [1.29, 1.82) is 0 Å². The van der Waals surface area contributed by atoms with Crippen molar-refractivity contribution in [3.05, 3.63) is 0 Å². The summed E-state index contributed by atoms with van der Waals surface area (Å²) in [6.07, 6.45) is 4.14. The van der Waals surface area contributed by atoms with E-state index in [2.05, 4.69) is 5.32 Å². The van der Waals surface area contributed by atoms with Gasteiger partial charge in [-0.05, 0) is 53.4 Å². The molecule has 1 saturated carbocycles. The van der Waals surface area contributed by atoms with Gasteiger partial charge in [0.1, 0.15) is 5.60 Å². The summed E-state index contributed by atoms with van der Waals surface area (Å²) in [5, 5.41) is 3.45. The van der Waals surface area contributed by atoms with Crippen molar-refractivity contribution in [1.82, 2.24) is 15.1 Å². The highest BCUT2D eigenvalue weighted by Gasteiger charge is 2.48. The summed E-state index contributed by atoms with van der Waals surface area (Å²) in [5.41, 5.74) is -0.166. The van der Waals surface area contributed by atoms with E-state index in [1.54, 1.807) is 19.0 Å². The lowest BCUT2D eigenvalue weighted by Gasteiger charge is -2.53. The number of rotatable bonds is 3. The Bertz CT molecular complexity index is 468. The van der Waals surface area contributed by atoms with E-state index >= 15 is 0 Å². The van der Waals surface area contributed by atoms with Crippen LogP contribution >= 0.6 is 0 Å². The lowest BCUT2D eigenvalue weighted by molar-refractivity contribution is -0.130. The summed E-state index contributed by atoms with van der Waals surface area (Å²) in [4.78, 5) is 27.5. The van der Waals surface area contributed by atoms with Gasteiger partial charge in [0.25, 0.3) is 0 Å². The quantitative estimate of drug-likeness (QED) is 0.856. The summed E-state index contributed by atoms with van der Waals surface area (Å²) >= 11 is 0. The highest BCUT2D eigenvalue weighted by Crippen LogP contribution is 2.44. The SMILES string of the molecule is C[C@H](NC1CCC2(CC1)CN(C(=O)OC(C)(C)C)C2)C(=O)N(C)C. The predicted molar refractivity (Wildman–Crippen MR) is 93.8 cm³/mol. The van der Waals surface area contributed by atoms with Crippen LogP contribution in [0.2, 0.25) is 0 Å². The number of hydrogen-bond acceptors (Lipinski definition) is 4. The molecule has 2 aliphatic rings. The summed E-state index contributed by atoms with van der Waals surface area (Å²) in [5.74, 6) is 0.120. The molecule has 1 saturated heterocycles. The number of likely N-dealkylation sites (tertiary alicyclic amines) is 1. The average molecular weight is 339 g/mol. The summed E-state index contributed by atoms with van der Waals surface area (Å²) in [7, 11) is 3.58. The van der Waals surface area contributed by atoms with Crippen molar-refractivity contribution in [3.8, 4) is 0 Å². The number of amides is 2. The molecule has 1 heterocycles. The molecule has 2 amide bonds. The maximum atomic E-state index is 12.1. The molecule has 6 nitrogen and oxygen atoms in total. The molecule has 0 unspecified atom stereocenters. The third kappa shape index (κ3) is 4.62. The lowest BCUT2D eigenvalue weighted by atomic mass is 9.67. The Morgan fingerprint density at radius 1 is 1.21 bits per heavy atom. The first-order valence-corrected chi connectivity index (χ1v) is 8.96. The van der Waals surface area contributed by atoms with Gasteiger partial charge < -0.3 is 19.9 Å². The smallest absolute Gasteiger partial charge is 0.410 e. The van der Waals surface area contributed by atoms with Crippen LogP contribution in [0.1, 0.15) is 53.4 Å². The Balaban J connectivity index is 1.74. The molecule has 0 bridgehead atoms. The van der Waals surface area contributed by atoms with Gasteiger partial charge in [-0.25, -0.2) is 4.79 Å². The van der Waals surface area contributed by atoms with Crippen LogP contribution in [-0.4, -0.2) is 66.7 Å². The first-order valence-electron chi connectivity index (χ1n) is 8.96. The van der Waals surface area contributed by atoms with Crippen LogP contribution in [-0.2, 0) is 9.53 Å². The van der Waals surface area contributed by atoms with E-state index in [0.29, 0.717) is 6.04 Å². The maximum Gasteiger partial charge on any atom is 0.410 e. The molecule has 0 aromatic rings. The van der Waals surface area contributed by atoms with Gasteiger partial charge in [-0.15, -0.1) is 0 Å². The average Bonchev–Trinajstić information content (AvgIpc) is 2.42. The number of nitrogens with one attached hydrogen (secondary N) is 1. The Kier molecular flexibility index (Phi) is 5.47. The van der Waals surface area contributed by atoms with Crippen LogP contribution in [0.15, 0.2) is 0 Å². The van der Waals surface area contributed by atoms with Crippen LogP contribution in [0.5, 0.6) is 0 Å². The second-order valence-corrected chi connectivity index (χ2v) is 8.73. The molecular weight excluding hydrogens is 306 g/mol. The largest absolute Gasteiger partial charge is 0.444 e. The zero-order valence-corrected chi connectivity index (χ0v) is 16.0. The number of nitrogens with zero attached hydrogens (tertiary/aromatic N) is 2. The number of hydrogen-bond donors (Lipinski definition) is 1. The zero-order chi connectivity index (χ0) is 18.1. The van der Waals surface area contributed by atoms with Gasteiger partial charge in [0.15, 0.2) is 0 Å². The third-order valence-electron chi connectivity index (χ3n) is 5.05. The second-order valence-electron chi connectivity index (χ2n) is 8.73. The molecule has 6 heteroatoms. The van der Waals surface area contributed by atoms with E-state index in [1.807, 2.05) is 32.6 Å². The van der Waals surface area contributed by atoms with Crippen molar-refractivity contribution in [2.45, 2.75) is 71.1 Å². The molecular formula is C18H33N3O3. The van der Waals surface area contributed by atoms with E-state index in [9.17, 15) is 9.59 Å². The lowest BCUT2D eigenvalue weighted by Crippen LogP contribution is -2.61. The maximum absolute atomic E-state index is 12.1. The van der Waals surface area contributed by atoms with E-state index in [0.717, 1.165) is 38.8 Å². The van der Waals surface area contributed by atoms with Gasteiger partial charge >= 0.3 is 6.09 Å². The van der Waals surface area contributed by atoms with Crippen molar-refractivity contribution in [2.75, 3.05) is 27.2 Å². The highest BCUT2D eigenvalue weighted by molar-refractivity contribution is 5.80. The summed E-state index contributed by atoms with van der Waals surface area (Å²) in [6, 6.07) is 0.254. The molecule has 1 N–H and O–H groups in total. The van der Waals surface area contributed by atoms with Gasteiger partial charge in [0.05, 0.1) is 6.04 Å². The zero-order valence-electron chi connectivity index (χ0n) is 16.0. The van der Waals surface area contributed by atoms with Crippen molar-refractivity contribution >= 4 is 12.0 Å². The minimum atomic E-state index is -0.434. The molecule has 0 aromatic heterocycles. The standard InChI is InChI=1S/C18H33N3O3/c1-13(15(22)20(5)6)19-14-7-9-18(10-8-14)11-21(12-18)16(23)24-17(2,3)4/h13-14,19H,7-12H2,1-6H3/t13-/m0/s1. The fraction of sp³-hybridized carbons (Fsp3) is 0.889. The highest BCUT2D eigenvalue weighted by atomic mass is 16.6. The van der Waals surface area contributed by atoms with E-state index < -0.39 is 5.60 Å². The molecule has 1 spiro atoms. The molecule has 1 atom stereocenters. The number of carbonyl (C=O) groups is 2. The van der Waals surface area contributed by atoms with Crippen LogP contribution in [0.4, 0.5) is 4.79 Å². The van der Waals surface area contributed by atoms with Crippen molar-refractivity contribution in [3.63, 3.8) is 0 Å². The van der Waals surface area contributed by atoms with Gasteiger partial charge in [-0.2, -0.15) is 0 Å². The Morgan fingerprint density at radius 3 is 2.21 bits per heavy atom. The Labute approximate surface area is 145 Å². The van der Waals surface area contributed by atoms with Crippen LogP contribution in [0, 0.1) is 5.41 Å². The molecule has 138 valence electrons. The van der Waals surface area contributed by atoms with Crippen LogP contribution < -0.4 is 5.32 Å². The molecule has 2 fully saturated rings. The second kappa shape index (κ2) is 6.90. The van der Waals surface area contributed by atoms with E-state index in [-0.39, 0.29) is 23.5 Å². The Hall–Kier alpha value is -1.30. The molecule has 2 rings (SSSR count). The first kappa shape index (κ1) is 19.0. The fourth-order valence-electron chi connectivity index (χ4n) is 3.74. The van der Waals surface area contributed by atoms with Crippen molar-refractivity contribution < 1.29 is 14.3 Å². The topological polar surface area (TPSA) is 61.9 Å². The number of carbonyl (C=O) groups excluding carboxylic acids is 2. The number of ether oxygens (including phenoxy) is 1. The summed E-state index contributed by atoms with van der Waals surface area (Å²) < 4.78 is 5.43.